The zero-order valence-electron chi connectivity index (χ0n) is 14.5. The van der Waals surface area contributed by atoms with Crippen molar-refractivity contribution < 1.29 is 4.79 Å². The van der Waals surface area contributed by atoms with Crippen LogP contribution < -0.4 is 0 Å². The number of amides is 1. The van der Waals surface area contributed by atoms with Gasteiger partial charge in [0.05, 0.1) is 6.54 Å². The number of hydrogen-bond donors (Lipinski definition) is 0. The first-order valence-corrected chi connectivity index (χ1v) is 9.53. The van der Waals surface area contributed by atoms with Crippen molar-refractivity contribution in [1.82, 2.24) is 19.7 Å². The van der Waals surface area contributed by atoms with Gasteiger partial charge in [0.25, 0.3) is 0 Å². The minimum atomic E-state index is 0.313. The van der Waals surface area contributed by atoms with Crippen molar-refractivity contribution in [3.8, 4) is 11.4 Å². The van der Waals surface area contributed by atoms with Gasteiger partial charge in [-0.1, -0.05) is 36.8 Å². The topological polar surface area (TPSA) is 51.0 Å². The Morgan fingerprint density at radius 3 is 2.72 bits per heavy atom. The minimum Gasteiger partial charge on any atom is -0.333 e. The number of fused-ring (bicyclic) bond motifs is 3. The van der Waals surface area contributed by atoms with Gasteiger partial charge in [-0.25, -0.2) is 0 Å². The molecule has 2 fully saturated rings. The van der Waals surface area contributed by atoms with Crippen LogP contribution in [0.5, 0.6) is 0 Å². The predicted octanol–water partition coefficient (Wildman–Crippen LogP) is 3.11. The Hall–Kier alpha value is -2.17. The summed E-state index contributed by atoms with van der Waals surface area (Å²) in [7, 11) is 0. The first-order chi connectivity index (χ1) is 12.3. The maximum atomic E-state index is 12.8. The molecule has 5 heteroatoms. The second-order valence-corrected chi connectivity index (χ2v) is 7.91. The molecule has 3 aliphatic rings. The molecule has 25 heavy (non-hydrogen) atoms. The zero-order chi connectivity index (χ0) is 16.8. The molecule has 0 N–H and O–H groups in total. The van der Waals surface area contributed by atoms with Crippen LogP contribution in [-0.2, 0) is 17.9 Å². The van der Waals surface area contributed by atoms with E-state index in [1.165, 1.54) is 25.7 Å². The van der Waals surface area contributed by atoms with E-state index in [2.05, 4.69) is 26.9 Å². The first kappa shape index (κ1) is 15.1. The van der Waals surface area contributed by atoms with Gasteiger partial charge >= 0.3 is 0 Å². The van der Waals surface area contributed by atoms with Gasteiger partial charge in [0.1, 0.15) is 0 Å². The molecule has 2 aliphatic carbocycles. The number of nitrogens with zero attached hydrogens (tertiary/aromatic N) is 4. The van der Waals surface area contributed by atoms with Crippen LogP contribution in [0.3, 0.4) is 0 Å². The molecule has 2 heterocycles. The fourth-order valence-corrected chi connectivity index (χ4v) is 5.15. The lowest BCUT2D eigenvalue weighted by Gasteiger charge is -2.30. The molecule has 0 unspecified atom stereocenters. The van der Waals surface area contributed by atoms with Crippen molar-refractivity contribution in [3.05, 3.63) is 36.2 Å². The number of benzene rings is 1. The third kappa shape index (κ3) is 2.66. The summed E-state index contributed by atoms with van der Waals surface area (Å²) in [6, 6.07) is 10.2. The highest BCUT2D eigenvalue weighted by molar-refractivity contribution is 5.76. The third-order valence-electron chi connectivity index (χ3n) is 6.46. The Bertz CT molecular complexity index is 784. The summed E-state index contributed by atoms with van der Waals surface area (Å²) in [5, 5.41) is 8.73. The smallest absolute Gasteiger partial charge is 0.223 e. The Balaban J connectivity index is 1.28. The fourth-order valence-electron chi connectivity index (χ4n) is 5.15. The van der Waals surface area contributed by atoms with Crippen molar-refractivity contribution in [2.24, 2.45) is 17.8 Å². The van der Waals surface area contributed by atoms with Gasteiger partial charge in [0.15, 0.2) is 11.6 Å². The summed E-state index contributed by atoms with van der Waals surface area (Å²) in [6.45, 7) is 2.15. The highest BCUT2D eigenvalue weighted by Crippen LogP contribution is 2.49. The maximum absolute atomic E-state index is 12.8. The van der Waals surface area contributed by atoms with Gasteiger partial charge in [-0.15, -0.1) is 10.2 Å². The number of aromatic nitrogens is 3. The van der Waals surface area contributed by atoms with E-state index in [1.54, 1.807) is 0 Å². The summed E-state index contributed by atoms with van der Waals surface area (Å²) in [5.41, 5.74) is 1.09. The molecule has 1 amide bonds. The molecule has 5 nitrogen and oxygen atoms in total. The van der Waals surface area contributed by atoms with Crippen LogP contribution in [0.2, 0.25) is 0 Å². The average molecular weight is 336 g/mol. The van der Waals surface area contributed by atoms with Gasteiger partial charge in [-0.2, -0.15) is 0 Å². The molecule has 130 valence electrons. The van der Waals surface area contributed by atoms with Crippen LogP contribution in [0, 0.1) is 17.8 Å². The Kier molecular flexibility index (Phi) is 3.61. The SMILES string of the molecule is O=C(C[C@@H]1C[C@H]2CC[C@@H]1C2)N1CCn2c(nnc2-c2ccccc2)C1. The van der Waals surface area contributed by atoms with E-state index in [0.29, 0.717) is 18.4 Å². The third-order valence-corrected chi connectivity index (χ3v) is 6.46. The van der Waals surface area contributed by atoms with E-state index in [0.717, 1.165) is 48.6 Å². The molecular weight excluding hydrogens is 312 g/mol. The van der Waals surface area contributed by atoms with E-state index in [1.807, 2.05) is 23.1 Å². The van der Waals surface area contributed by atoms with Crippen molar-refractivity contribution >= 4 is 5.91 Å². The molecule has 5 rings (SSSR count). The van der Waals surface area contributed by atoms with Gasteiger partial charge < -0.3 is 9.47 Å². The predicted molar refractivity (Wildman–Crippen MR) is 94.4 cm³/mol. The largest absolute Gasteiger partial charge is 0.333 e. The molecule has 2 aromatic rings. The molecule has 0 spiro atoms. The molecule has 1 aromatic carbocycles. The second kappa shape index (κ2) is 5.97. The van der Waals surface area contributed by atoms with Gasteiger partial charge in [-0.3, -0.25) is 4.79 Å². The Morgan fingerprint density at radius 1 is 1.08 bits per heavy atom. The van der Waals surface area contributed by atoms with Crippen LogP contribution in [0.4, 0.5) is 0 Å². The second-order valence-electron chi connectivity index (χ2n) is 7.91. The summed E-state index contributed by atoms with van der Waals surface area (Å²) in [6.07, 6.45) is 6.12. The lowest BCUT2D eigenvalue weighted by Crippen LogP contribution is -2.39. The normalized spacial score (nSPS) is 27.5. The molecule has 2 bridgehead atoms. The number of rotatable bonds is 3. The van der Waals surface area contributed by atoms with Gasteiger partial charge in [-0.05, 0) is 37.0 Å². The zero-order valence-corrected chi connectivity index (χ0v) is 14.5. The fraction of sp³-hybridized carbons (Fsp3) is 0.550. The van der Waals surface area contributed by atoms with E-state index in [4.69, 9.17) is 0 Å². The Morgan fingerprint density at radius 2 is 1.96 bits per heavy atom. The quantitative estimate of drug-likeness (QED) is 0.865. The minimum absolute atomic E-state index is 0.313. The van der Waals surface area contributed by atoms with Crippen molar-refractivity contribution in [1.29, 1.82) is 0 Å². The highest BCUT2D eigenvalue weighted by atomic mass is 16.2. The lowest BCUT2D eigenvalue weighted by molar-refractivity contribution is -0.134. The number of carbonyl (C=O) groups excluding carboxylic acids is 1. The molecule has 2 saturated carbocycles. The Labute approximate surface area is 148 Å². The van der Waals surface area contributed by atoms with Gasteiger partial charge in [0, 0.05) is 25.1 Å². The summed E-state index contributed by atoms with van der Waals surface area (Å²) in [5.74, 6) is 4.48. The maximum Gasteiger partial charge on any atom is 0.223 e. The molecule has 1 aliphatic heterocycles. The molecular formula is C20H24N4O. The van der Waals surface area contributed by atoms with Crippen molar-refractivity contribution in [2.45, 2.75) is 45.2 Å². The van der Waals surface area contributed by atoms with Crippen molar-refractivity contribution in [3.63, 3.8) is 0 Å². The molecule has 3 atom stereocenters. The van der Waals surface area contributed by atoms with Crippen LogP contribution in [0.15, 0.2) is 30.3 Å². The van der Waals surface area contributed by atoms with Crippen LogP contribution in [-0.4, -0.2) is 32.1 Å². The van der Waals surface area contributed by atoms with E-state index < -0.39 is 0 Å². The standard InChI is InChI=1S/C20H24N4O/c25-19(12-17-11-14-6-7-16(17)10-14)23-8-9-24-18(13-23)21-22-20(24)15-4-2-1-3-5-15/h1-5,14,16-17H,6-13H2/t14-,16+,17-/m0/s1. The number of hydrogen-bond acceptors (Lipinski definition) is 3. The average Bonchev–Trinajstić information content (AvgIpc) is 3.37. The van der Waals surface area contributed by atoms with E-state index in [-0.39, 0.29) is 0 Å². The first-order valence-electron chi connectivity index (χ1n) is 9.53. The summed E-state index contributed by atoms with van der Waals surface area (Å²) >= 11 is 0. The van der Waals surface area contributed by atoms with Gasteiger partial charge in [0.2, 0.25) is 5.91 Å². The van der Waals surface area contributed by atoms with Crippen LogP contribution >= 0.6 is 0 Å². The van der Waals surface area contributed by atoms with E-state index in [9.17, 15) is 4.79 Å². The summed E-state index contributed by atoms with van der Waals surface area (Å²) < 4.78 is 2.16. The highest BCUT2D eigenvalue weighted by Gasteiger charge is 2.41. The lowest BCUT2D eigenvalue weighted by atomic mass is 9.86. The molecule has 0 radical (unpaired) electrons. The van der Waals surface area contributed by atoms with Crippen LogP contribution in [0.25, 0.3) is 11.4 Å². The number of carbonyl (C=O) groups is 1. The van der Waals surface area contributed by atoms with Crippen LogP contribution in [0.1, 0.15) is 37.9 Å². The molecule has 1 aromatic heterocycles. The molecule has 0 saturated heterocycles. The van der Waals surface area contributed by atoms with Crippen molar-refractivity contribution in [2.75, 3.05) is 6.54 Å². The monoisotopic (exact) mass is 336 g/mol. The summed E-state index contributed by atoms with van der Waals surface area (Å²) in [4.78, 5) is 14.8. The van der Waals surface area contributed by atoms with E-state index >= 15 is 0 Å².